The summed E-state index contributed by atoms with van der Waals surface area (Å²) in [7, 11) is 0. The minimum Gasteiger partial charge on any atom is -1.00 e. The van der Waals surface area contributed by atoms with Crippen molar-refractivity contribution < 1.29 is 17.0 Å². The molecule has 2 aromatic rings. The zero-order valence-corrected chi connectivity index (χ0v) is 8.97. The zero-order chi connectivity index (χ0) is 6.10. The Balaban J connectivity index is 0.000000500. The van der Waals surface area contributed by atoms with Crippen molar-refractivity contribution in [3.63, 3.8) is 0 Å². The molecule has 0 saturated carbocycles. The third kappa shape index (κ3) is 2.22. The van der Waals surface area contributed by atoms with E-state index < -0.39 is 0 Å². The Bertz CT molecular complexity index is 288. The van der Waals surface area contributed by atoms with Crippen molar-refractivity contribution in [2.45, 2.75) is 0 Å². The maximum Gasteiger partial charge on any atom is 2.00 e. The van der Waals surface area contributed by atoms with Crippen molar-refractivity contribution in [1.82, 2.24) is 4.98 Å². The summed E-state index contributed by atoms with van der Waals surface area (Å²) in [6.45, 7) is 0. The Morgan fingerprint density at radius 2 is 1.91 bits per heavy atom. The molecule has 11 heavy (non-hydrogen) atoms. The van der Waals surface area contributed by atoms with Crippen molar-refractivity contribution in [3.05, 3.63) is 36.5 Å². The molecule has 0 aliphatic carbocycles. The first kappa shape index (κ1) is 11.0. The summed E-state index contributed by atoms with van der Waals surface area (Å²) in [6.07, 6.45) is 1.82. The van der Waals surface area contributed by atoms with Crippen molar-refractivity contribution >= 4 is 34.0 Å². The van der Waals surface area contributed by atoms with Crippen LogP contribution in [0.5, 0.6) is 0 Å². The van der Waals surface area contributed by atoms with Crippen LogP contribution in [0.3, 0.4) is 0 Å². The van der Waals surface area contributed by atoms with Crippen LogP contribution < -0.4 is 17.0 Å². The molecule has 3 heteroatoms. The van der Waals surface area contributed by atoms with Crippen LogP contribution in [0.25, 0.3) is 10.9 Å². The van der Waals surface area contributed by atoms with Crippen LogP contribution in [0.15, 0.2) is 30.5 Å². The van der Waals surface area contributed by atoms with Gasteiger partial charge in [-0.1, -0.05) is 23.8 Å². The molecule has 1 aromatic carbocycles. The van der Waals surface area contributed by atoms with E-state index in [-0.39, 0.29) is 40.0 Å². The summed E-state index contributed by atoms with van der Waals surface area (Å²) in [5, 5.41) is 1.15. The number of halogens is 1. The number of nitrogens with one attached hydrogen (secondary N) is 1. The molecule has 0 amide bonds. The number of rotatable bonds is 0. The van der Waals surface area contributed by atoms with Gasteiger partial charge in [0.1, 0.15) is 0 Å². The predicted molar refractivity (Wildman–Crippen MR) is 42.9 cm³/mol. The normalized spacial score (nSPS) is 8.36. The van der Waals surface area contributed by atoms with E-state index >= 15 is 0 Å². The Morgan fingerprint density at radius 3 is 2.64 bits per heavy atom. The van der Waals surface area contributed by atoms with E-state index in [1.807, 2.05) is 30.5 Å². The fourth-order valence-electron chi connectivity index (χ4n) is 0.926. The maximum atomic E-state index is 3.06. The molecule has 0 atom stereocenters. The predicted octanol–water partition coefficient (Wildman–Crippen LogP) is -1.41. The van der Waals surface area contributed by atoms with Crippen LogP contribution in [0.2, 0.25) is 0 Å². The second-order valence-electron chi connectivity index (χ2n) is 1.98. The van der Waals surface area contributed by atoms with E-state index in [0.29, 0.717) is 0 Å². The summed E-state index contributed by atoms with van der Waals surface area (Å²) < 4.78 is 0. The van der Waals surface area contributed by atoms with Gasteiger partial charge in [0.15, 0.2) is 0 Å². The molecule has 2 rings (SSSR count). The van der Waals surface area contributed by atoms with Crippen LogP contribution in [0.1, 0.15) is 0 Å². The number of fused-ring (bicyclic) bond motifs is 1. The summed E-state index contributed by atoms with van der Waals surface area (Å²) in [5.41, 5.74) is 1.15. The summed E-state index contributed by atoms with van der Waals surface area (Å²) >= 11 is 0. The molecule has 0 unspecified atom stereocenters. The molecule has 1 N–H and O–H groups in total. The average Bonchev–Trinajstić information content (AvgIpc) is 2.33. The van der Waals surface area contributed by atoms with Crippen LogP contribution in [-0.2, 0) is 0 Å². The third-order valence-electron chi connectivity index (χ3n) is 1.38. The molecule has 1 nitrogen and oxygen atoms in total. The number of para-hydroxylation sites is 1. The molecule has 1 aromatic heterocycles. The summed E-state index contributed by atoms with van der Waals surface area (Å²) in [4.78, 5) is 3.06. The largest absolute Gasteiger partial charge is 2.00 e. The van der Waals surface area contributed by atoms with Gasteiger partial charge in [-0.15, -0.1) is 6.07 Å². The van der Waals surface area contributed by atoms with Gasteiger partial charge in [0.05, 0.1) is 0 Å². The summed E-state index contributed by atoms with van der Waals surface area (Å²) in [5.74, 6) is 0. The number of aromatic amines is 1. The van der Waals surface area contributed by atoms with E-state index in [1.165, 1.54) is 0 Å². The first-order valence-corrected chi connectivity index (χ1v) is 2.90. The van der Waals surface area contributed by atoms with E-state index in [0.717, 1.165) is 10.9 Å². The van der Waals surface area contributed by atoms with Crippen molar-refractivity contribution in [1.29, 1.82) is 0 Å². The molecule has 0 spiro atoms. The molecule has 0 radical (unpaired) electrons. The standard InChI is InChI=1S/C8H6N.BrH.Mg/c1-2-4-8-7(3-1)5-6-9-8;;/h1-4,6,9H;1H;/q-1;;+2/p-1. The molecular formula is C8H6BrMgN. The van der Waals surface area contributed by atoms with Gasteiger partial charge in [-0.3, -0.25) is 0 Å². The van der Waals surface area contributed by atoms with Crippen molar-refractivity contribution in [2.75, 3.05) is 0 Å². The van der Waals surface area contributed by atoms with Gasteiger partial charge >= 0.3 is 23.1 Å². The van der Waals surface area contributed by atoms with E-state index in [1.54, 1.807) is 0 Å². The van der Waals surface area contributed by atoms with Gasteiger partial charge < -0.3 is 22.0 Å². The van der Waals surface area contributed by atoms with Crippen LogP contribution in [0, 0.1) is 6.07 Å². The Kier molecular flexibility index (Phi) is 4.80. The van der Waals surface area contributed by atoms with Gasteiger partial charge in [-0.2, -0.15) is 17.5 Å². The van der Waals surface area contributed by atoms with Gasteiger partial charge in [0.2, 0.25) is 0 Å². The van der Waals surface area contributed by atoms with Crippen LogP contribution >= 0.6 is 0 Å². The SMILES string of the molecule is [Br-].[Mg+2].[c-]1c[nH]c2ccccc12. The molecule has 0 saturated heterocycles. The molecule has 0 fully saturated rings. The van der Waals surface area contributed by atoms with Crippen molar-refractivity contribution in [2.24, 2.45) is 0 Å². The molecule has 0 aliphatic rings. The van der Waals surface area contributed by atoms with Gasteiger partial charge in [-0.25, -0.2) is 0 Å². The van der Waals surface area contributed by atoms with E-state index in [9.17, 15) is 0 Å². The van der Waals surface area contributed by atoms with Crippen molar-refractivity contribution in [3.8, 4) is 0 Å². The Labute approximate surface area is 92.1 Å². The Morgan fingerprint density at radius 1 is 1.18 bits per heavy atom. The van der Waals surface area contributed by atoms with Gasteiger partial charge in [-0.05, 0) is 0 Å². The number of hydrogen-bond acceptors (Lipinski definition) is 0. The zero-order valence-electron chi connectivity index (χ0n) is 5.97. The Hall–Kier alpha value is 0.00623. The van der Waals surface area contributed by atoms with Crippen LogP contribution in [-0.4, -0.2) is 28.0 Å². The average molecular weight is 220 g/mol. The number of benzene rings is 1. The molecule has 1 heterocycles. The monoisotopic (exact) mass is 219 g/mol. The maximum absolute atomic E-state index is 3.06. The quantitative estimate of drug-likeness (QED) is 0.415. The minimum absolute atomic E-state index is 0. The minimum atomic E-state index is 0. The number of H-pyrrole nitrogens is 1. The first-order valence-electron chi connectivity index (χ1n) is 2.90. The second-order valence-corrected chi connectivity index (χ2v) is 1.98. The topological polar surface area (TPSA) is 15.8 Å². The third-order valence-corrected chi connectivity index (χ3v) is 1.38. The fraction of sp³-hybridized carbons (Fsp3) is 0. The van der Waals surface area contributed by atoms with Gasteiger partial charge in [0, 0.05) is 0 Å². The number of hydrogen-bond donors (Lipinski definition) is 1. The smallest absolute Gasteiger partial charge is 1.00 e. The van der Waals surface area contributed by atoms with Crippen LogP contribution in [0.4, 0.5) is 0 Å². The van der Waals surface area contributed by atoms with E-state index in [4.69, 9.17) is 0 Å². The van der Waals surface area contributed by atoms with E-state index in [2.05, 4.69) is 11.1 Å². The summed E-state index contributed by atoms with van der Waals surface area (Å²) in [6, 6.07) is 11.1. The second kappa shape index (κ2) is 4.80. The first-order chi connectivity index (χ1) is 4.47. The molecule has 0 bridgehead atoms. The molecule has 52 valence electrons. The number of aromatic nitrogens is 1. The van der Waals surface area contributed by atoms with Gasteiger partial charge in [0.25, 0.3) is 0 Å². The fourth-order valence-corrected chi connectivity index (χ4v) is 0.926. The molecular weight excluding hydrogens is 214 g/mol. The molecule has 0 aliphatic heterocycles.